The van der Waals surface area contributed by atoms with Crippen molar-refractivity contribution in [2.24, 2.45) is 0 Å². The van der Waals surface area contributed by atoms with Crippen LogP contribution in [0.25, 0.3) is 17.2 Å². The van der Waals surface area contributed by atoms with Crippen LogP contribution >= 0.6 is 0 Å². The first-order valence-electron chi connectivity index (χ1n) is 7.70. The quantitative estimate of drug-likeness (QED) is 0.478. The van der Waals surface area contributed by atoms with E-state index in [0.29, 0.717) is 0 Å². The number of benzene rings is 2. The van der Waals surface area contributed by atoms with Gasteiger partial charge in [-0.3, -0.25) is 0 Å². The van der Waals surface area contributed by atoms with Gasteiger partial charge >= 0.3 is 11.9 Å². The molecule has 0 amide bonds. The molecule has 1 aliphatic heterocycles. The standard InChI is InChI=1S/C20H18O4/c1-13-8-10-14(11-9-13)16-7-5-4-6-15(16)12-17-18(21)23-20(2,3)24-19(17)22/h4-12H,1-3H3. The highest BCUT2D eigenvalue weighted by atomic mass is 16.7. The second-order valence-electron chi connectivity index (χ2n) is 6.19. The molecule has 0 unspecified atom stereocenters. The van der Waals surface area contributed by atoms with Crippen LogP contribution in [0.1, 0.15) is 25.0 Å². The lowest BCUT2D eigenvalue weighted by molar-refractivity contribution is -0.222. The molecule has 4 nitrogen and oxygen atoms in total. The molecule has 122 valence electrons. The van der Waals surface area contributed by atoms with Crippen LogP contribution in [0, 0.1) is 6.92 Å². The van der Waals surface area contributed by atoms with Gasteiger partial charge in [-0.05, 0) is 29.7 Å². The smallest absolute Gasteiger partial charge is 0.348 e. The summed E-state index contributed by atoms with van der Waals surface area (Å²) >= 11 is 0. The zero-order valence-electron chi connectivity index (χ0n) is 13.8. The number of hydrogen-bond acceptors (Lipinski definition) is 4. The fourth-order valence-corrected chi connectivity index (χ4v) is 2.55. The first-order chi connectivity index (χ1) is 11.4. The molecule has 1 heterocycles. The van der Waals surface area contributed by atoms with Crippen molar-refractivity contribution in [3.63, 3.8) is 0 Å². The summed E-state index contributed by atoms with van der Waals surface area (Å²) in [5.74, 6) is -2.58. The number of hydrogen-bond donors (Lipinski definition) is 0. The minimum atomic E-state index is -1.23. The Labute approximate surface area is 140 Å². The molecule has 1 aliphatic rings. The van der Waals surface area contributed by atoms with Crippen molar-refractivity contribution in [2.45, 2.75) is 26.6 Å². The summed E-state index contributed by atoms with van der Waals surface area (Å²) in [4.78, 5) is 24.3. The molecule has 2 aromatic rings. The first-order valence-corrected chi connectivity index (χ1v) is 7.70. The van der Waals surface area contributed by atoms with Crippen molar-refractivity contribution < 1.29 is 19.1 Å². The molecule has 2 aromatic carbocycles. The Hall–Kier alpha value is -2.88. The average Bonchev–Trinajstić information content (AvgIpc) is 2.51. The van der Waals surface area contributed by atoms with Crippen molar-refractivity contribution in [2.75, 3.05) is 0 Å². The molecule has 0 spiro atoms. The summed E-state index contributed by atoms with van der Waals surface area (Å²) in [6, 6.07) is 15.6. The van der Waals surface area contributed by atoms with Crippen LogP contribution in [0.2, 0.25) is 0 Å². The molecule has 0 N–H and O–H groups in total. The maximum absolute atomic E-state index is 12.1. The molecule has 0 saturated carbocycles. The number of ether oxygens (including phenoxy) is 2. The minimum absolute atomic E-state index is 0.103. The van der Waals surface area contributed by atoms with Crippen LogP contribution in [0.3, 0.4) is 0 Å². The fourth-order valence-electron chi connectivity index (χ4n) is 2.55. The van der Waals surface area contributed by atoms with E-state index in [2.05, 4.69) is 0 Å². The van der Waals surface area contributed by atoms with Crippen molar-refractivity contribution in [3.05, 3.63) is 65.2 Å². The monoisotopic (exact) mass is 322 g/mol. The highest BCUT2D eigenvalue weighted by Crippen LogP contribution is 2.29. The summed E-state index contributed by atoms with van der Waals surface area (Å²) in [7, 11) is 0. The molecule has 0 bridgehead atoms. The van der Waals surface area contributed by atoms with Crippen molar-refractivity contribution in [1.29, 1.82) is 0 Å². The third kappa shape index (κ3) is 3.23. The third-order valence-electron chi connectivity index (χ3n) is 3.74. The van der Waals surface area contributed by atoms with Gasteiger partial charge in [-0.1, -0.05) is 54.1 Å². The zero-order valence-corrected chi connectivity index (χ0v) is 13.8. The van der Waals surface area contributed by atoms with Crippen molar-refractivity contribution in [3.8, 4) is 11.1 Å². The number of cyclic esters (lactones) is 2. The number of aryl methyl sites for hydroxylation is 1. The summed E-state index contributed by atoms with van der Waals surface area (Å²) in [6.07, 6.45) is 1.52. The highest BCUT2D eigenvalue weighted by Gasteiger charge is 2.38. The van der Waals surface area contributed by atoms with E-state index in [9.17, 15) is 9.59 Å². The second-order valence-corrected chi connectivity index (χ2v) is 6.19. The largest absolute Gasteiger partial charge is 0.419 e. The molecule has 0 radical (unpaired) electrons. The van der Waals surface area contributed by atoms with Crippen LogP contribution in [0.5, 0.6) is 0 Å². The Kier molecular flexibility index (Phi) is 3.97. The zero-order chi connectivity index (χ0) is 17.3. The van der Waals surface area contributed by atoms with Gasteiger partial charge in [0.1, 0.15) is 5.57 Å². The maximum atomic E-state index is 12.1. The summed E-state index contributed by atoms with van der Waals surface area (Å²) in [5, 5.41) is 0. The van der Waals surface area contributed by atoms with Gasteiger partial charge in [0.05, 0.1) is 0 Å². The Bertz CT molecular complexity index is 807. The Morgan fingerprint density at radius 2 is 1.46 bits per heavy atom. The van der Waals surface area contributed by atoms with E-state index in [1.807, 2.05) is 55.5 Å². The maximum Gasteiger partial charge on any atom is 0.348 e. The number of rotatable bonds is 2. The highest BCUT2D eigenvalue weighted by molar-refractivity contribution is 6.19. The fraction of sp³-hybridized carbons (Fsp3) is 0.200. The van der Waals surface area contributed by atoms with E-state index < -0.39 is 17.7 Å². The molecule has 0 aromatic heterocycles. The topological polar surface area (TPSA) is 52.6 Å². The normalized spacial score (nSPS) is 16.4. The Balaban J connectivity index is 2.03. The summed E-state index contributed by atoms with van der Waals surface area (Å²) < 4.78 is 10.3. The molecule has 4 heteroatoms. The molecule has 1 fully saturated rings. The summed E-state index contributed by atoms with van der Waals surface area (Å²) in [6.45, 7) is 5.08. The van der Waals surface area contributed by atoms with E-state index in [-0.39, 0.29) is 5.57 Å². The van der Waals surface area contributed by atoms with Gasteiger partial charge in [0, 0.05) is 13.8 Å². The molecular formula is C20H18O4. The predicted octanol–water partition coefficient (Wildman–Crippen LogP) is 3.88. The van der Waals surface area contributed by atoms with E-state index in [1.165, 1.54) is 19.9 Å². The van der Waals surface area contributed by atoms with Gasteiger partial charge in [0.15, 0.2) is 0 Å². The molecule has 0 atom stereocenters. The van der Waals surface area contributed by atoms with Crippen molar-refractivity contribution in [1.82, 2.24) is 0 Å². The molecule has 24 heavy (non-hydrogen) atoms. The van der Waals surface area contributed by atoms with Gasteiger partial charge in [-0.2, -0.15) is 0 Å². The molecule has 0 aliphatic carbocycles. The second kappa shape index (κ2) is 5.96. The predicted molar refractivity (Wildman–Crippen MR) is 90.9 cm³/mol. The number of carbonyl (C=O) groups is 2. The lowest BCUT2D eigenvalue weighted by Crippen LogP contribution is -2.41. The lowest BCUT2D eigenvalue weighted by atomic mass is 9.97. The minimum Gasteiger partial charge on any atom is -0.419 e. The van der Waals surface area contributed by atoms with Gasteiger partial charge in [-0.15, -0.1) is 0 Å². The van der Waals surface area contributed by atoms with E-state index >= 15 is 0 Å². The van der Waals surface area contributed by atoms with Crippen LogP contribution in [0.15, 0.2) is 54.1 Å². The first kappa shape index (κ1) is 16.0. The van der Waals surface area contributed by atoms with Crippen LogP contribution in [-0.2, 0) is 19.1 Å². The lowest BCUT2D eigenvalue weighted by Gasteiger charge is -2.29. The van der Waals surface area contributed by atoms with Crippen LogP contribution in [-0.4, -0.2) is 17.7 Å². The number of carbonyl (C=O) groups excluding carboxylic acids is 2. The van der Waals surface area contributed by atoms with E-state index in [4.69, 9.17) is 9.47 Å². The van der Waals surface area contributed by atoms with Gasteiger partial charge < -0.3 is 9.47 Å². The van der Waals surface area contributed by atoms with Gasteiger partial charge in [0.2, 0.25) is 0 Å². The van der Waals surface area contributed by atoms with Gasteiger partial charge in [0.25, 0.3) is 5.79 Å². The third-order valence-corrected chi connectivity index (χ3v) is 3.74. The molecular weight excluding hydrogens is 304 g/mol. The van der Waals surface area contributed by atoms with Gasteiger partial charge in [-0.25, -0.2) is 9.59 Å². The Morgan fingerprint density at radius 1 is 0.875 bits per heavy atom. The average molecular weight is 322 g/mol. The SMILES string of the molecule is Cc1ccc(-c2ccccc2C=C2C(=O)OC(C)(C)OC2=O)cc1. The summed E-state index contributed by atoms with van der Waals surface area (Å²) in [5.41, 5.74) is 3.75. The molecule has 1 saturated heterocycles. The van der Waals surface area contributed by atoms with E-state index in [1.54, 1.807) is 0 Å². The van der Waals surface area contributed by atoms with E-state index in [0.717, 1.165) is 22.3 Å². The van der Waals surface area contributed by atoms with Crippen molar-refractivity contribution >= 4 is 18.0 Å². The Morgan fingerprint density at radius 3 is 2.08 bits per heavy atom. The van der Waals surface area contributed by atoms with Crippen LogP contribution in [0.4, 0.5) is 0 Å². The number of esters is 2. The molecule has 3 rings (SSSR count). The van der Waals surface area contributed by atoms with Crippen LogP contribution < -0.4 is 0 Å².